The van der Waals surface area contributed by atoms with Crippen LogP contribution < -0.4 is 0 Å². The van der Waals surface area contributed by atoms with Gasteiger partial charge in [-0.1, -0.05) is 130 Å². The molecule has 0 aromatic heterocycles. The molecule has 0 amide bonds. The van der Waals surface area contributed by atoms with Gasteiger partial charge in [0.1, 0.15) is 13.2 Å². The fraction of sp³-hybridized carbons (Fsp3) is 0.946. The van der Waals surface area contributed by atoms with Crippen molar-refractivity contribution in [1.82, 2.24) is 0 Å². The van der Waals surface area contributed by atoms with Crippen LogP contribution in [0.3, 0.4) is 0 Å². The molecule has 0 N–H and O–H groups in total. The number of carbonyl (C=O) groups is 3. The Morgan fingerprint density at radius 2 is 0.739 bits per heavy atom. The van der Waals surface area contributed by atoms with Crippen molar-refractivity contribution in [2.24, 2.45) is 0 Å². The summed E-state index contributed by atoms with van der Waals surface area (Å²) < 4.78 is 57.5. The first kappa shape index (κ1) is 56.4. The summed E-state index contributed by atoms with van der Waals surface area (Å²) in [7, 11) is 1.77. The van der Waals surface area contributed by atoms with E-state index in [0.717, 1.165) is 141 Å². The molecule has 6 fully saturated rings. The van der Waals surface area contributed by atoms with E-state index in [1.165, 1.54) is 51.4 Å². The first-order valence-corrected chi connectivity index (χ1v) is 28.7. The highest BCUT2D eigenvalue weighted by atomic mass is 16.6. The fourth-order valence-electron chi connectivity index (χ4n) is 10.5. The van der Waals surface area contributed by atoms with E-state index in [9.17, 15) is 14.4 Å². The molecule has 398 valence electrons. The minimum Gasteiger partial charge on any atom is -0.462 e. The molecule has 0 spiro atoms. The topological polar surface area (TPSA) is 163 Å². The molecule has 13 heteroatoms. The molecule has 69 heavy (non-hydrogen) atoms. The van der Waals surface area contributed by atoms with Gasteiger partial charge in [0, 0.05) is 52.1 Å². The van der Waals surface area contributed by atoms with Crippen molar-refractivity contribution < 1.29 is 61.8 Å². The van der Waals surface area contributed by atoms with Gasteiger partial charge in [0.15, 0.2) is 6.10 Å². The van der Waals surface area contributed by atoms with Crippen molar-refractivity contribution in [3.05, 3.63) is 0 Å². The number of esters is 3. The molecule has 0 aromatic carbocycles. The average Bonchev–Trinajstić information content (AvgIpc) is 4.09. The van der Waals surface area contributed by atoms with Crippen LogP contribution in [-0.4, -0.2) is 124 Å². The number of methoxy groups -OCH3 is 1. The van der Waals surface area contributed by atoms with E-state index in [4.69, 9.17) is 47.4 Å². The van der Waals surface area contributed by atoms with Crippen molar-refractivity contribution in [1.29, 1.82) is 0 Å². The molecule has 0 aliphatic carbocycles. The Labute approximate surface area is 416 Å². The number of ether oxygens (including phenoxy) is 10. The lowest BCUT2D eigenvalue weighted by Crippen LogP contribution is -2.30. The lowest BCUT2D eigenvalue weighted by atomic mass is 10.0. The molecule has 6 heterocycles. The van der Waals surface area contributed by atoms with E-state index >= 15 is 0 Å². The maximum Gasteiger partial charge on any atom is 0.306 e. The molecule has 13 nitrogen and oxygen atoms in total. The molecular formula is C56H96O13. The van der Waals surface area contributed by atoms with Gasteiger partial charge in [0.05, 0.1) is 79.4 Å². The third-order valence-corrected chi connectivity index (χ3v) is 15.6. The predicted molar refractivity (Wildman–Crippen MR) is 264 cm³/mol. The van der Waals surface area contributed by atoms with Gasteiger partial charge in [0.25, 0.3) is 0 Å². The molecule has 6 rings (SSSR count). The maximum absolute atomic E-state index is 12.9. The van der Waals surface area contributed by atoms with Crippen LogP contribution in [-0.2, 0) is 61.8 Å². The predicted octanol–water partition coefficient (Wildman–Crippen LogP) is 11.5. The summed E-state index contributed by atoms with van der Waals surface area (Å²) in [6.45, 7) is 6.34. The lowest BCUT2D eigenvalue weighted by molar-refractivity contribution is -0.167. The summed E-state index contributed by atoms with van der Waals surface area (Å²) in [5.74, 6) is -0.990. The Kier molecular flexibility index (Phi) is 25.9. The van der Waals surface area contributed by atoms with Crippen LogP contribution in [0.5, 0.6) is 0 Å². The quantitative estimate of drug-likeness (QED) is 0.0245. The number of hydrogen-bond acceptors (Lipinski definition) is 13. The van der Waals surface area contributed by atoms with E-state index in [1.54, 1.807) is 7.11 Å². The van der Waals surface area contributed by atoms with Crippen LogP contribution in [0.1, 0.15) is 233 Å². The standard InChI is InChI=1S/C56H96O13/c1-5-8-9-10-13-20-27-43-44(65-43)28-21-14-11-16-24-31-54(57)61-38-41(63-56(59)33-26-17-12-15-22-29-45-49(66-45)36-51-47(68-51)34-40(6-2)60-4)39-62-55(58)32-25-19-18-23-30-46-50(67-46)37-53-52(69-53)35-48-42(7-3)64-48/h40-53H,5-39H2,1-4H3. The summed E-state index contributed by atoms with van der Waals surface area (Å²) in [5, 5.41) is 0. The highest BCUT2D eigenvalue weighted by Crippen LogP contribution is 2.42. The van der Waals surface area contributed by atoms with E-state index in [2.05, 4.69) is 20.8 Å². The molecular weight excluding hydrogens is 881 g/mol. The van der Waals surface area contributed by atoms with Gasteiger partial charge in [-0.25, -0.2) is 0 Å². The normalized spacial score (nSPS) is 30.1. The Morgan fingerprint density at radius 3 is 1.19 bits per heavy atom. The summed E-state index contributed by atoms with van der Waals surface area (Å²) in [5.41, 5.74) is 0. The molecule has 0 bridgehead atoms. The molecule has 0 saturated carbocycles. The second-order valence-electron chi connectivity index (χ2n) is 21.5. The largest absolute Gasteiger partial charge is 0.462 e. The summed E-state index contributed by atoms with van der Waals surface area (Å²) in [6.07, 6.45) is 37.1. The van der Waals surface area contributed by atoms with E-state index in [1.807, 2.05) is 0 Å². The average molecular weight is 977 g/mol. The number of hydrogen-bond donors (Lipinski definition) is 0. The third kappa shape index (κ3) is 23.7. The smallest absolute Gasteiger partial charge is 0.306 e. The van der Waals surface area contributed by atoms with Crippen LogP contribution in [0.25, 0.3) is 0 Å². The summed E-state index contributed by atoms with van der Waals surface area (Å²) >= 11 is 0. The SMILES string of the molecule is CCCCCCCCC1OC1CCCCCCCC(=O)OCC(COC(=O)CCCCCCC1OC1CC1OC1CC1OC1CC)OC(=O)CCCCCCCC1OC1CC1OC1CC(CC)OC. The molecule has 6 aliphatic heterocycles. The molecule has 6 saturated heterocycles. The first-order chi connectivity index (χ1) is 33.8. The Morgan fingerprint density at radius 1 is 0.391 bits per heavy atom. The van der Waals surface area contributed by atoms with Crippen molar-refractivity contribution in [3.63, 3.8) is 0 Å². The van der Waals surface area contributed by atoms with Crippen LogP contribution in [0, 0.1) is 0 Å². The van der Waals surface area contributed by atoms with Gasteiger partial charge in [0.2, 0.25) is 0 Å². The zero-order valence-corrected chi connectivity index (χ0v) is 43.6. The van der Waals surface area contributed by atoms with E-state index < -0.39 is 6.10 Å². The minimum atomic E-state index is -0.825. The first-order valence-electron chi connectivity index (χ1n) is 28.7. The van der Waals surface area contributed by atoms with E-state index in [0.29, 0.717) is 86.1 Å². The summed E-state index contributed by atoms with van der Waals surface area (Å²) in [4.78, 5) is 38.4. The van der Waals surface area contributed by atoms with Crippen LogP contribution in [0.2, 0.25) is 0 Å². The third-order valence-electron chi connectivity index (χ3n) is 15.6. The van der Waals surface area contributed by atoms with Crippen LogP contribution in [0.15, 0.2) is 0 Å². The lowest BCUT2D eigenvalue weighted by Gasteiger charge is -2.18. The van der Waals surface area contributed by atoms with Crippen LogP contribution >= 0.6 is 0 Å². The van der Waals surface area contributed by atoms with E-state index in [-0.39, 0.29) is 43.6 Å². The fourth-order valence-corrected chi connectivity index (χ4v) is 10.5. The zero-order valence-electron chi connectivity index (χ0n) is 43.6. The van der Waals surface area contributed by atoms with Gasteiger partial charge < -0.3 is 47.4 Å². The number of unbranched alkanes of at least 4 members (excludes halogenated alkanes) is 16. The molecule has 0 aromatic rings. The Bertz CT molecular complexity index is 1440. The highest BCUT2D eigenvalue weighted by Gasteiger charge is 2.51. The van der Waals surface area contributed by atoms with Crippen molar-refractivity contribution in [3.8, 4) is 0 Å². The van der Waals surface area contributed by atoms with Crippen LogP contribution in [0.4, 0.5) is 0 Å². The monoisotopic (exact) mass is 977 g/mol. The Balaban J connectivity index is 0.770. The minimum absolute atomic E-state index is 0.116. The van der Waals surface area contributed by atoms with Gasteiger partial charge in [-0.2, -0.15) is 0 Å². The second-order valence-corrected chi connectivity index (χ2v) is 21.5. The second kappa shape index (κ2) is 31.7. The number of rotatable bonds is 46. The molecule has 6 aliphatic rings. The number of epoxide rings is 6. The Hall–Kier alpha value is -1.87. The van der Waals surface area contributed by atoms with Crippen molar-refractivity contribution >= 4 is 17.9 Å². The molecule has 14 atom stereocenters. The molecule has 0 radical (unpaired) electrons. The molecule has 14 unspecified atom stereocenters. The van der Waals surface area contributed by atoms with Gasteiger partial charge >= 0.3 is 17.9 Å². The van der Waals surface area contributed by atoms with Gasteiger partial charge in [-0.3, -0.25) is 14.4 Å². The highest BCUT2D eigenvalue weighted by molar-refractivity contribution is 5.71. The van der Waals surface area contributed by atoms with Gasteiger partial charge in [-0.15, -0.1) is 0 Å². The van der Waals surface area contributed by atoms with Crippen molar-refractivity contribution in [2.45, 2.75) is 318 Å². The zero-order chi connectivity index (χ0) is 48.6. The van der Waals surface area contributed by atoms with Crippen molar-refractivity contribution in [2.75, 3.05) is 20.3 Å². The number of carbonyl (C=O) groups excluding carboxylic acids is 3. The summed E-state index contributed by atoms with van der Waals surface area (Å²) in [6, 6.07) is 0. The van der Waals surface area contributed by atoms with Gasteiger partial charge in [-0.05, 0) is 57.8 Å². The maximum atomic E-state index is 12.9.